The first-order valence-corrected chi connectivity index (χ1v) is 5.06. The summed E-state index contributed by atoms with van der Waals surface area (Å²) >= 11 is 0. The molecular weight excluding hydrogens is 227 g/mol. The Bertz CT molecular complexity index is 552. The summed E-state index contributed by atoms with van der Waals surface area (Å²) in [6.45, 7) is 0.0672. The van der Waals surface area contributed by atoms with Gasteiger partial charge in [-0.05, 0) is 17.7 Å². The predicted octanol–water partition coefficient (Wildman–Crippen LogP) is 3.23. The third-order valence-corrected chi connectivity index (χ3v) is 2.54. The zero-order valence-electron chi connectivity index (χ0n) is 8.88. The van der Waals surface area contributed by atoms with Crippen LogP contribution < -0.4 is 5.73 Å². The third kappa shape index (κ3) is 2.17. The van der Waals surface area contributed by atoms with E-state index in [1.807, 2.05) is 0 Å². The molecule has 0 unspecified atom stereocenters. The largest absolute Gasteiger partial charge is 0.326 e. The van der Waals surface area contributed by atoms with E-state index in [-0.39, 0.29) is 17.7 Å². The molecule has 1 nitrogen and oxygen atoms in total. The lowest BCUT2D eigenvalue weighted by Crippen LogP contribution is -2.00. The molecule has 0 atom stereocenters. The van der Waals surface area contributed by atoms with Crippen molar-refractivity contribution in [1.29, 1.82) is 0 Å². The van der Waals surface area contributed by atoms with Gasteiger partial charge in [0.05, 0.1) is 0 Å². The van der Waals surface area contributed by atoms with Gasteiger partial charge in [0, 0.05) is 17.7 Å². The van der Waals surface area contributed by atoms with Crippen LogP contribution in [0.5, 0.6) is 0 Å². The Morgan fingerprint density at radius 2 is 1.71 bits per heavy atom. The molecule has 0 radical (unpaired) electrons. The molecule has 0 fully saturated rings. The first-order chi connectivity index (χ1) is 8.13. The van der Waals surface area contributed by atoms with E-state index < -0.39 is 17.5 Å². The summed E-state index contributed by atoms with van der Waals surface area (Å²) in [4.78, 5) is 0. The molecule has 0 saturated heterocycles. The maximum Gasteiger partial charge on any atom is 0.166 e. The molecule has 2 aromatic carbocycles. The second-order valence-corrected chi connectivity index (χ2v) is 3.61. The predicted molar refractivity (Wildman–Crippen MR) is 59.6 cm³/mol. The fraction of sp³-hybridized carbons (Fsp3) is 0.0769. The van der Waals surface area contributed by atoms with Crippen molar-refractivity contribution in [2.24, 2.45) is 5.73 Å². The number of nitrogens with two attached hydrogens (primary N) is 1. The Morgan fingerprint density at radius 3 is 2.35 bits per heavy atom. The van der Waals surface area contributed by atoms with Gasteiger partial charge in [0.15, 0.2) is 11.6 Å². The van der Waals surface area contributed by atoms with E-state index in [1.54, 1.807) is 0 Å². The van der Waals surface area contributed by atoms with Gasteiger partial charge in [-0.1, -0.05) is 24.3 Å². The van der Waals surface area contributed by atoms with Gasteiger partial charge in [-0.2, -0.15) is 0 Å². The zero-order chi connectivity index (χ0) is 12.4. The first-order valence-electron chi connectivity index (χ1n) is 5.06. The summed E-state index contributed by atoms with van der Waals surface area (Å²) in [5.74, 6) is -2.45. The van der Waals surface area contributed by atoms with E-state index >= 15 is 0 Å². The maximum absolute atomic E-state index is 13.5. The van der Waals surface area contributed by atoms with Crippen molar-refractivity contribution in [1.82, 2.24) is 0 Å². The SMILES string of the molecule is NCc1ccc(-c2cccc(F)c2F)cc1F. The quantitative estimate of drug-likeness (QED) is 0.852. The summed E-state index contributed by atoms with van der Waals surface area (Å²) in [6, 6.07) is 7.93. The van der Waals surface area contributed by atoms with Gasteiger partial charge in [0.2, 0.25) is 0 Å². The fourth-order valence-electron chi connectivity index (χ4n) is 1.61. The van der Waals surface area contributed by atoms with Gasteiger partial charge in [0.25, 0.3) is 0 Å². The minimum absolute atomic E-state index is 0.0347. The van der Waals surface area contributed by atoms with E-state index in [0.717, 1.165) is 12.1 Å². The summed E-state index contributed by atoms with van der Waals surface area (Å²) in [6.07, 6.45) is 0. The summed E-state index contributed by atoms with van der Waals surface area (Å²) in [5.41, 5.74) is 5.98. The highest BCUT2D eigenvalue weighted by atomic mass is 19.2. The molecule has 2 N–H and O–H groups in total. The van der Waals surface area contributed by atoms with Crippen molar-refractivity contribution in [2.45, 2.75) is 6.54 Å². The maximum atomic E-state index is 13.5. The van der Waals surface area contributed by atoms with E-state index in [2.05, 4.69) is 0 Å². The average Bonchev–Trinajstić information content (AvgIpc) is 2.32. The van der Waals surface area contributed by atoms with E-state index in [1.165, 1.54) is 24.3 Å². The van der Waals surface area contributed by atoms with Gasteiger partial charge in [-0.3, -0.25) is 0 Å². The lowest BCUT2D eigenvalue weighted by Gasteiger charge is -2.06. The van der Waals surface area contributed by atoms with Crippen molar-refractivity contribution >= 4 is 0 Å². The summed E-state index contributed by atoms with van der Waals surface area (Å²) < 4.78 is 40.0. The van der Waals surface area contributed by atoms with Crippen LogP contribution >= 0.6 is 0 Å². The third-order valence-electron chi connectivity index (χ3n) is 2.54. The van der Waals surface area contributed by atoms with E-state index in [0.29, 0.717) is 5.56 Å². The van der Waals surface area contributed by atoms with Crippen molar-refractivity contribution in [3.8, 4) is 11.1 Å². The lowest BCUT2D eigenvalue weighted by atomic mass is 10.0. The smallest absolute Gasteiger partial charge is 0.166 e. The first kappa shape index (κ1) is 11.7. The summed E-state index contributed by atoms with van der Waals surface area (Å²) in [7, 11) is 0. The Hall–Kier alpha value is -1.81. The van der Waals surface area contributed by atoms with E-state index in [9.17, 15) is 13.2 Å². The highest BCUT2D eigenvalue weighted by molar-refractivity contribution is 5.64. The van der Waals surface area contributed by atoms with Gasteiger partial charge >= 0.3 is 0 Å². The van der Waals surface area contributed by atoms with Crippen molar-refractivity contribution in [3.05, 3.63) is 59.4 Å². The van der Waals surface area contributed by atoms with Crippen LogP contribution in [-0.4, -0.2) is 0 Å². The molecule has 0 bridgehead atoms. The number of halogens is 3. The molecule has 88 valence electrons. The molecule has 0 amide bonds. The standard InChI is InChI=1S/C13H10F3N/c14-11-3-1-2-10(13(11)16)8-4-5-9(7-17)12(15)6-8/h1-6H,7,17H2. The Labute approximate surface area is 96.7 Å². The molecule has 2 aromatic rings. The highest BCUT2D eigenvalue weighted by Crippen LogP contribution is 2.25. The molecule has 0 aromatic heterocycles. The van der Waals surface area contributed by atoms with Crippen LogP contribution in [0.25, 0.3) is 11.1 Å². The monoisotopic (exact) mass is 237 g/mol. The minimum Gasteiger partial charge on any atom is -0.326 e. The lowest BCUT2D eigenvalue weighted by molar-refractivity contribution is 0.511. The fourth-order valence-corrected chi connectivity index (χ4v) is 1.61. The molecule has 0 aliphatic rings. The van der Waals surface area contributed by atoms with Crippen LogP contribution in [0.1, 0.15) is 5.56 Å². The zero-order valence-corrected chi connectivity index (χ0v) is 8.88. The Kier molecular flexibility index (Phi) is 3.15. The molecule has 4 heteroatoms. The van der Waals surface area contributed by atoms with Gasteiger partial charge < -0.3 is 5.73 Å². The van der Waals surface area contributed by atoms with Crippen LogP contribution in [-0.2, 0) is 6.54 Å². The van der Waals surface area contributed by atoms with Crippen LogP contribution in [0, 0.1) is 17.5 Å². The summed E-state index contributed by atoms with van der Waals surface area (Å²) in [5, 5.41) is 0. The number of hydrogen-bond donors (Lipinski definition) is 1. The molecule has 0 aliphatic heterocycles. The molecule has 0 aliphatic carbocycles. The number of hydrogen-bond acceptors (Lipinski definition) is 1. The number of rotatable bonds is 2. The minimum atomic E-state index is -0.979. The van der Waals surface area contributed by atoms with Crippen molar-refractivity contribution in [2.75, 3.05) is 0 Å². The normalized spacial score (nSPS) is 10.6. The van der Waals surface area contributed by atoms with Crippen LogP contribution in [0.15, 0.2) is 36.4 Å². The van der Waals surface area contributed by atoms with Gasteiger partial charge in [-0.15, -0.1) is 0 Å². The molecular formula is C13H10F3N. The molecule has 0 saturated carbocycles. The van der Waals surface area contributed by atoms with E-state index in [4.69, 9.17) is 5.73 Å². The average molecular weight is 237 g/mol. The van der Waals surface area contributed by atoms with Crippen molar-refractivity contribution < 1.29 is 13.2 Å². The topological polar surface area (TPSA) is 26.0 Å². The Balaban J connectivity index is 2.54. The van der Waals surface area contributed by atoms with Gasteiger partial charge in [-0.25, -0.2) is 13.2 Å². The molecule has 2 rings (SSSR count). The highest BCUT2D eigenvalue weighted by Gasteiger charge is 2.11. The molecule has 17 heavy (non-hydrogen) atoms. The van der Waals surface area contributed by atoms with Gasteiger partial charge in [0.1, 0.15) is 5.82 Å². The van der Waals surface area contributed by atoms with Crippen LogP contribution in [0.4, 0.5) is 13.2 Å². The second kappa shape index (κ2) is 4.59. The van der Waals surface area contributed by atoms with Crippen LogP contribution in [0.2, 0.25) is 0 Å². The van der Waals surface area contributed by atoms with Crippen LogP contribution in [0.3, 0.4) is 0 Å². The molecule has 0 heterocycles. The van der Waals surface area contributed by atoms with Crippen molar-refractivity contribution in [3.63, 3.8) is 0 Å². The Morgan fingerprint density at radius 1 is 0.941 bits per heavy atom. The second-order valence-electron chi connectivity index (χ2n) is 3.61. The molecule has 0 spiro atoms. The number of benzene rings is 2.